The van der Waals surface area contributed by atoms with Crippen LogP contribution in [0.4, 0.5) is 5.69 Å². The molecule has 0 bridgehead atoms. The molecule has 0 fully saturated rings. The van der Waals surface area contributed by atoms with E-state index in [1.165, 1.54) is 16.5 Å². The predicted molar refractivity (Wildman–Crippen MR) is 67.3 cm³/mol. The number of hydrogen-bond donors (Lipinski definition) is 1. The second kappa shape index (κ2) is 4.18. The summed E-state index contributed by atoms with van der Waals surface area (Å²) >= 11 is 0. The maximum atomic E-state index is 3.89. The third kappa shape index (κ3) is 2.18. The second-order valence-corrected chi connectivity index (χ2v) is 3.84. The molecule has 0 aliphatic rings. The maximum absolute atomic E-state index is 3.89. The van der Waals surface area contributed by atoms with Crippen LogP contribution in [0.1, 0.15) is 6.92 Å². The molecule has 1 heteroatoms. The van der Waals surface area contributed by atoms with Crippen molar-refractivity contribution in [3.8, 4) is 0 Å². The van der Waals surface area contributed by atoms with Gasteiger partial charge in [0.25, 0.3) is 0 Å². The van der Waals surface area contributed by atoms with Crippen molar-refractivity contribution >= 4 is 16.5 Å². The van der Waals surface area contributed by atoms with Gasteiger partial charge in [-0.3, -0.25) is 0 Å². The van der Waals surface area contributed by atoms with Gasteiger partial charge in [0.1, 0.15) is 0 Å². The standard InChI is InChI=1S/C14H15N/c1-11(2)10-15-14-9-5-7-12-6-3-4-8-13(12)14/h3-9,15H,1,10H2,2H3. The van der Waals surface area contributed by atoms with E-state index < -0.39 is 0 Å². The fourth-order valence-electron chi connectivity index (χ4n) is 1.63. The van der Waals surface area contributed by atoms with E-state index >= 15 is 0 Å². The zero-order valence-electron chi connectivity index (χ0n) is 8.96. The van der Waals surface area contributed by atoms with Crippen LogP contribution in [0.2, 0.25) is 0 Å². The first kappa shape index (κ1) is 9.78. The van der Waals surface area contributed by atoms with Crippen LogP contribution in [0.25, 0.3) is 10.8 Å². The molecular formula is C14H15N. The molecule has 2 rings (SSSR count). The van der Waals surface area contributed by atoms with Crippen molar-refractivity contribution < 1.29 is 0 Å². The van der Waals surface area contributed by atoms with Crippen molar-refractivity contribution in [2.75, 3.05) is 11.9 Å². The molecule has 0 radical (unpaired) electrons. The molecule has 0 aromatic heterocycles. The fraction of sp³-hybridized carbons (Fsp3) is 0.143. The maximum Gasteiger partial charge on any atom is 0.0422 e. The average molecular weight is 197 g/mol. The van der Waals surface area contributed by atoms with Crippen molar-refractivity contribution in [1.82, 2.24) is 0 Å². The Morgan fingerprint density at radius 2 is 1.87 bits per heavy atom. The molecule has 0 amide bonds. The van der Waals surface area contributed by atoms with Gasteiger partial charge in [-0.05, 0) is 18.4 Å². The molecule has 1 N–H and O–H groups in total. The molecule has 0 aliphatic carbocycles. The summed E-state index contributed by atoms with van der Waals surface area (Å²) in [6.07, 6.45) is 0. The van der Waals surface area contributed by atoms with Gasteiger partial charge in [0.15, 0.2) is 0 Å². The Morgan fingerprint density at radius 3 is 2.67 bits per heavy atom. The van der Waals surface area contributed by atoms with Crippen molar-refractivity contribution in [3.63, 3.8) is 0 Å². The molecule has 2 aromatic carbocycles. The van der Waals surface area contributed by atoms with Gasteiger partial charge < -0.3 is 5.32 Å². The first-order valence-electron chi connectivity index (χ1n) is 5.13. The monoisotopic (exact) mass is 197 g/mol. The molecular weight excluding hydrogens is 182 g/mol. The Kier molecular flexibility index (Phi) is 2.72. The third-order valence-corrected chi connectivity index (χ3v) is 2.37. The normalized spacial score (nSPS) is 10.2. The number of hydrogen-bond acceptors (Lipinski definition) is 1. The first-order valence-corrected chi connectivity index (χ1v) is 5.13. The molecule has 0 saturated carbocycles. The van der Waals surface area contributed by atoms with Crippen molar-refractivity contribution in [1.29, 1.82) is 0 Å². The van der Waals surface area contributed by atoms with E-state index in [4.69, 9.17) is 0 Å². The Morgan fingerprint density at radius 1 is 1.13 bits per heavy atom. The van der Waals surface area contributed by atoms with Crippen LogP contribution < -0.4 is 5.32 Å². The number of rotatable bonds is 3. The first-order chi connectivity index (χ1) is 7.27. The SMILES string of the molecule is C=C(C)CNc1cccc2ccccc12. The quantitative estimate of drug-likeness (QED) is 0.737. The molecule has 1 nitrogen and oxygen atoms in total. The highest BCUT2D eigenvalue weighted by molar-refractivity contribution is 5.93. The smallest absolute Gasteiger partial charge is 0.0422 e. The van der Waals surface area contributed by atoms with E-state index in [1.807, 2.05) is 6.92 Å². The summed E-state index contributed by atoms with van der Waals surface area (Å²) in [6, 6.07) is 14.7. The Bertz CT molecular complexity index is 480. The fourth-order valence-corrected chi connectivity index (χ4v) is 1.63. The van der Waals surface area contributed by atoms with E-state index in [0.717, 1.165) is 12.1 Å². The van der Waals surface area contributed by atoms with E-state index in [2.05, 4.69) is 54.4 Å². The van der Waals surface area contributed by atoms with E-state index in [9.17, 15) is 0 Å². The Hall–Kier alpha value is -1.76. The molecule has 0 atom stereocenters. The summed E-state index contributed by atoms with van der Waals surface area (Å²) < 4.78 is 0. The predicted octanol–water partition coefficient (Wildman–Crippen LogP) is 3.83. The minimum absolute atomic E-state index is 0.827. The largest absolute Gasteiger partial charge is 0.381 e. The summed E-state index contributed by atoms with van der Waals surface area (Å²) in [7, 11) is 0. The number of benzene rings is 2. The van der Waals surface area contributed by atoms with Crippen LogP contribution in [0.5, 0.6) is 0 Å². The van der Waals surface area contributed by atoms with Crippen LogP contribution in [0.15, 0.2) is 54.6 Å². The zero-order chi connectivity index (χ0) is 10.7. The van der Waals surface area contributed by atoms with Crippen LogP contribution in [-0.2, 0) is 0 Å². The lowest BCUT2D eigenvalue weighted by atomic mass is 10.1. The van der Waals surface area contributed by atoms with Crippen LogP contribution in [-0.4, -0.2) is 6.54 Å². The van der Waals surface area contributed by atoms with Gasteiger partial charge in [0.05, 0.1) is 0 Å². The summed E-state index contributed by atoms with van der Waals surface area (Å²) in [6.45, 7) is 6.74. The van der Waals surface area contributed by atoms with E-state index in [0.29, 0.717) is 0 Å². The molecule has 0 heterocycles. The van der Waals surface area contributed by atoms with E-state index in [1.54, 1.807) is 0 Å². The number of fused-ring (bicyclic) bond motifs is 1. The third-order valence-electron chi connectivity index (χ3n) is 2.37. The van der Waals surface area contributed by atoms with Crippen molar-refractivity contribution in [2.24, 2.45) is 0 Å². The highest BCUT2D eigenvalue weighted by Crippen LogP contribution is 2.22. The topological polar surface area (TPSA) is 12.0 Å². The Balaban J connectivity index is 2.38. The molecule has 0 aliphatic heterocycles. The Labute approximate surface area is 90.4 Å². The zero-order valence-corrected chi connectivity index (χ0v) is 8.96. The van der Waals surface area contributed by atoms with E-state index in [-0.39, 0.29) is 0 Å². The van der Waals surface area contributed by atoms with Gasteiger partial charge in [0.2, 0.25) is 0 Å². The molecule has 15 heavy (non-hydrogen) atoms. The molecule has 0 saturated heterocycles. The van der Waals surface area contributed by atoms with Crippen LogP contribution >= 0.6 is 0 Å². The van der Waals surface area contributed by atoms with Gasteiger partial charge >= 0.3 is 0 Å². The summed E-state index contributed by atoms with van der Waals surface area (Å²) in [4.78, 5) is 0. The second-order valence-electron chi connectivity index (χ2n) is 3.84. The minimum atomic E-state index is 0.827. The van der Waals surface area contributed by atoms with Gasteiger partial charge in [-0.15, -0.1) is 0 Å². The van der Waals surface area contributed by atoms with Gasteiger partial charge in [-0.1, -0.05) is 48.6 Å². The van der Waals surface area contributed by atoms with Crippen LogP contribution in [0.3, 0.4) is 0 Å². The van der Waals surface area contributed by atoms with Gasteiger partial charge in [-0.25, -0.2) is 0 Å². The summed E-state index contributed by atoms with van der Waals surface area (Å²) in [5.74, 6) is 0. The molecule has 0 unspecified atom stereocenters. The summed E-state index contributed by atoms with van der Waals surface area (Å²) in [5.41, 5.74) is 2.32. The lowest BCUT2D eigenvalue weighted by Crippen LogP contribution is -2.01. The lowest BCUT2D eigenvalue weighted by molar-refractivity contribution is 1.22. The summed E-state index contributed by atoms with van der Waals surface area (Å²) in [5, 5.41) is 5.92. The minimum Gasteiger partial charge on any atom is -0.381 e. The van der Waals surface area contributed by atoms with Crippen LogP contribution in [0, 0.1) is 0 Å². The lowest BCUT2D eigenvalue weighted by Gasteiger charge is -2.09. The highest BCUT2D eigenvalue weighted by atomic mass is 14.9. The molecule has 76 valence electrons. The van der Waals surface area contributed by atoms with Crippen molar-refractivity contribution in [2.45, 2.75) is 6.92 Å². The molecule has 0 spiro atoms. The number of nitrogens with one attached hydrogen (secondary N) is 1. The average Bonchev–Trinajstić information content (AvgIpc) is 2.26. The number of anilines is 1. The molecule has 2 aromatic rings. The van der Waals surface area contributed by atoms with Crippen molar-refractivity contribution in [3.05, 3.63) is 54.6 Å². The van der Waals surface area contributed by atoms with Gasteiger partial charge in [-0.2, -0.15) is 0 Å². The van der Waals surface area contributed by atoms with Gasteiger partial charge in [0, 0.05) is 17.6 Å². The highest BCUT2D eigenvalue weighted by Gasteiger charge is 1.98.